The summed E-state index contributed by atoms with van der Waals surface area (Å²) in [5.41, 5.74) is 5.09. The summed E-state index contributed by atoms with van der Waals surface area (Å²) in [5.74, 6) is 0. The van der Waals surface area contributed by atoms with Crippen molar-refractivity contribution < 1.29 is 0 Å². The molecule has 0 saturated carbocycles. The summed E-state index contributed by atoms with van der Waals surface area (Å²) in [6.07, 6.45) is 2.02. The summed E-state index contributed by atoms with van der Waals surface area (Å²) in [4.78, 5) is 5.30. The van der Waals surface area contributed by atoms with Crippen LogP contribution in [0.4, 0.5) is 11.4 Å². The zero-order valence-electron chi connectivity index (χ0n) is 32.3. The number of nitrogens with zero attached hydrogens (tertiary/aromatic N) is 3. The van der Waals surface area contributed by atoms with E-state index >= 15 is 0 Å². The highest BCUT2D eigenvalue weighted by atomic mass is 31.2. The SMILES string of the molecule is Cc1ccc(N=P(c2ccccc2)(c2ccccc2)c2ccccc2)c(C=NC(C)c2ccccc2N=P(c2ccccc2)(c2ccccc2)c2ccccc2)c1. The molecule has 1 atom stereocenters. The van der Waals surface area contributed by atoms with E-state index in [2.05, 4.69) is 238 Å². The minimum absolute atomic E-state index is 0.181. The molecule has 8 rings (SSSR count). The molecule has 0 radical (unpaired) electrons. The highest BCUT2D eigenvalue weighted by Gasteiger charge is 2.29. The molecule has 3 nitrogen and oxygen atoms in total. The highest BCUT2D eigenvalue weighted by molar-refractivity contribution is 7.88. The van der Waals surface area contributed by atoms with Gasteiger partial charge in [0.1, 0.15) is 0 Å². The van der Waals surface area contributed by atoms with Crippen molar-refractivity contribution in [2.24, 2.45) is 14.5 Å². The molecule has 0 bridgehead atoms. The van der Waals surface area contributed by atoms with Crippen LogP contribution < -0.4 is 31.8 Å². The highest BCUT2D eigenvalue weighted by Crippen LogP contribution is 2.51. The molecule has 0 aliphatic heterocycles. The van der Waals surface area contributed by atoms with Crippen LogP contribution in [0.3, 0.4) is 0 Å². The summed E-state index contributed by atoms with van der Waals surface area (Å²) in [6.45, 7) is 4.30. The van der Waals surface area contributed by atoms with Crippen LogP contribution in [-0.4, -0.2) is 6.21 Å². The molecular formula is C52H45N3P2. The zero-order valence-corrected chi connectivity index (χ0v) is 34.0. The Balaban J connectivity index is 1.29. The predicted octanol–water partition coefficient (Wildman–Crippen LogP) is 11.8. The molecule has 5 heteroatoms. The van der Waals surface area contributed by atoms with Gasteiger partial charge in [-0.05, 0) is 32.0 Å². The van der Waals surface area contributed by atoms with Gasteiger partial charge in [-0.3, -0.25) is 14.5 Å². The molecule has 0 N–H and O–H groups in total. The second-order valence-corrected chi connectivity index (χ2v) is 20.1. The zero-order chi connectivity index (χ0) is 38.9. The Morgan fingerprint density at radius 1 is 0.386 bits per heavy atom. The van der Waals surface area contributed by atoms with Gasteiger partial charge in [0.15, 0.2) is 0 Å². The Hall–Kier alpha value is -6.11. The third kappa shape index (κ3) is 7.83. The number of benzene rings is 8. The quantitative estimate of drug-likeness (QED) is 0.0927. The lowest BCUT2D eigenvalue weighted by Crippen LogP contribution is -2.25. The third-order valence-corrected chi connectivity index (χ3v) is 17.6. The van der Waals surface area contributed by atoms with Gasteiger partial charge in [-0.25, -0.2) is 0 Å². The number of rotatable bonds is 11. The van der Waals surface area contributed by atoms with Crippen LogP contribution in [0.5, 0.6) is 0 Å². The molecule has 8 aromatic carbocycles. The van der Waals surface area contributed by atoms with Crippen LogP contribution in [0.15, 0.2) is 239 Å². The van der Waals surface area contributed by atoms with Crippen LogP contribution in [-0.2, 0) is 0 Å². The molecule has 1 unspecified atom stereocenters. The van der Waals surface area contributed by atoms with Gasteiger partial charge in [0, 0.05) is 49.2 Å². The van der Waals surface area contributed by atoms with E-state index in [4.69, 9.17) is 14.5 Å². The van der Waals surface area contributed by atoms with Gasteiger partial charge in [0.05, 0.1) is 31.5 Å². The minimum atomic E-state index is -2.49. The van der Waals surface area contributed by atoms with Crippen molar-refractivity contribution in [3.63, 3.8) is 0 Å². The van der Waals surface area contributed by atoms with Crippen LogP contribution >= 0.6 is 14.1 Å². The van der Waals surface area contributed by atoms with Crippen LogP contribution in [0.25, 0.3) is 0 Å². The summed E-state index contributed by atoms with van der Waals surface area (Å²) in [6, 6.07) is 79.5. The van der Waals surface area contributed by atoms with Crippen molar-refractivity contribution in [2.75, 3.05) is 0 Å². The van der Waals surface area contributed by atoms with Crippen molar-refractivity contribution in [3.05, 3.63) is 241 Å². The molecule has 57 heavy (non-hydrogen) atoms. The number of hydrogen-bond acceptors (Lipinski definition) is 3. The Morgan fingerprint density at radius 3 is 1.11 bits per heavy atom. The molecule has 0 saturated heterocycles. The third-order valence-electron chi connectivity index (χ3n) is 10.3. The average molecular weight is 774 g/mol. The van der Waals surface area contributed by atoms with Crippen molar-refractivity contribution >= 4 is 63.5 Å². The van der Waals surface area contributed by atoms with Crippen molar-refractivity contribution in [2.45, 2.75) is 19.9 Å². The normalized spacial score (nSPS) is 12.2. The van der Waals surface area contributed by atoms with Crippen molar-refractivity contribution in [3.8, 4) is 0 Å². The molecule has 0 amide bonds. The Kier molecular flexibility index (Phi) is 11.5. The number of hydrogen-bond donors (Lipinski definition) is 0. The number of aryl methyl sites for hydroxylation is 1. The van der Waals surface area contributed by atoms with E-state index < -0.39 is 14.1 Å². The molecule has 8 aromatic rings. The van der Waals surface area contributed by atoms with Gasteiger partial charge < -0.3 is 0 Å². The molecule has 0 fully saturated rings. The summed E-state index contributed by atoms with van der Waals surface area (Å²) < 4.78 is 11.7. The van der Waals surface area contributed by atoms with Crippen molar-refractivity contribution in [1.82, 2.24) is 0 Å². The Bertz CT molecular complexity index is 2490. The van der Waals surface area contributed by atoms with Crippen LogP contribution in [0.2, 0.25) is 0 Å². The summed E-state index contributed by atoms with van der Waals surface area (Å²) >= 11 is 0. The lowest BCUT2D eigenvalue weighted by Gasteiger charge is -2.27. The van der Waals surface area contributed by atoms with E-state index in [0.717, 1.165) is 28.1 Å². The maximum atomic E-state index is 5.88. The minimum Gasteiger partial charge on any atom is -0.285 e. The first-order valence-corrected chi connectivity index (χ1v) is 22.9. The molecule has 0 aromatic heterocycles. The molecule has 0 heterocycles. The van der Waals surface area contributed by atoms with Gasteiger partial charge in [-0.2, -0.15) is 0 Å². The standard InChI is InChI=1S/C52H45N3P2/c1-41-37-38-51(54-56(44-23-9-3-10-24-44,45-25-11-4-12-26-45)46-27-13-5-14-28-46)43(39-41)40-53-42(2)50-35-21-22-36-52(50)55-57(47-29-15-6-16-30-47,48-31-17-7-18-32-48)49-33-19-8-20-34-49/h3-40,42H,1-2H3. The molecule has 0 spiro atoms. The van der Waals surface area contributed by atoms with Crippen molar-refractivity contribution in [1.29, 1.82) is 0 Å². The first-order valence-electron chi connectivity index (χ1n) is 19.4. The summed E-state index contributed by atoms with van der Waals surface area (Å²) in [7, 11) is -4.97. The first-order chi connectivity index (χ1) is 28.1. The monoisotopic (exact) mass is 773 g/mol. The lowest BCUT2D eigenvalue weighted by atomic mass is 10.1. The van der Waals surface area contributed by atoms with E-state index in [-0.39, 0.29) is 6.04 Å². The molecular weight excluding hydrogens is 729 g/mol. The van der Waals surface area contributed by atoms with Crippen LogP contribution in [0.1, 0.15) is 29.7 Å². The van der Waals surface area contributed by atoms with E-state index in [9.17, 15) is 0 Å². The predicted molar refractivity (Wildman–Crippen MR) is 248 cm³/mol. The fourth-order valence-corrected chi connectivity index (χ4v) is 14.6. The summed E-state index contributed by atoms with van der Waals surface area (Å²) in [5, 5.41) is 7.25. The van der Waals surface area contributed by atoms with E-state index in [1.165, 1.54) is 31.8 Å². The maximum absolute atomic E-state index is 5.88. The van der Waals surface area contributed by atoms with Gasteiger partial charge in [-0.15, -0.1) is 0 Å². The van der Waals surface area contributed by atoms with E-state index in [1.54, 1.807) is 0 Å². The largest absolute Gasteiger partial charge is 0.285 e. The van der Waals surface area contributed by atoms with Crippen LogP contribution in [0, 0.1) is 6.92 Å². The maximum Gasteiger partial charge on any atom is 0.0742 e. The Morgan fingerprint density at radius 2 is 0.719 bits per heavy atom. The second-order valence-electron chi connectivity index (χ2n) is 14.1. The molecule has 0 aliphatic carbocycles. The van der Waals surface area contributed by atoms with Gasteiger partial charge in [-0.1, -0.05) is 212 Å². The first kappa shape index (κ1) is 37.8. The lowest BCUT2D eigenvalue weighted by molar-refractivity contribution is 0.826. The topological polar surface area (TPSA) is 37.1 Å². The molecule has 278 valence electrons. The van der Waals surface area contributed by atoms with Gasteiger partial charge in [0.2, 0.25) is 0 Å². The fraction of sp³-hybridized carbons (Fsp3) is 0.0577. The number of aliphatic imine (C=N–C) groups is 1. The average Bonchev–Trinajstić information content (AvgIpc) is 3.29. The van der Waals surface area contributed by atoms with E-state index in [0.29, 0.717) is 0 Å². The second kappa shape index (κ2) is 17.4. The fourth-order valence-electron chi connectivity index (χ4n) is 7.50. The van der Waals surface area contributed by atoms with Gasteiger partial charge >= 0.3 is 0 Å². The Labute approximate surface area is 337 Å². The van der Waals surface area contributed by atoms with E-state index in [1.807, 2.05) is 6.21 Å². The smallest absolute Gasteiger partial charge is 0.0742 e. The molecule has 0 aliphatic rings. The van der Waals surface area contributed by atoms with Gasteiger partial charge in [0.25, 0.3) is 0 Å².